The zero-order chi connectivity index (χ0) is 33.5. The average molecular weight is 648 g/mol. The highest BCUT2D eigenvalue weighted by Gasteiger charge is 2.57. The van der Waals surface area contributed by atoms with Crippen LogP contribution in [-0.4, -0.2) is 35.2 Å². The van der Waals surface area contributed by atoms with Crippen molar-refractivity contribution in [3.63, 3.8) is 0 Å². The molecule has 2 bridgehead atoms. The molecule has 2 aliphatic rings. The second-order valence-electron chi connectivity index (χ2n) is 13.4. The third-order valence-corrected chi connectivity index (χ3v) is 9.10. The van der Waals surface area contributed by atoms with Crippen LogP contribution in [0.25, 0.3) is 0 Å². The lowest BCUT2D eigenvalue weighted by molar-refractivity contribution is -0.159. The summed E-state index contributed by atoms with van der Waals surface area (Å²) < 4.78 is 94.8. The van der Waals surface area contributed by atoms with Gasteiger partial charge in [-0.15, -0.1) is 0 Å². The van der Waals surface area contributed by atoms with Gasteiger partial charge in [0.15, 0.2) is 0 Å². The molecule has 5 atom stereocenters. The summed E-state index contributed by atoms with van der Waals surface area (Å²) in [5.74, 6) is -2.47. The van der Waals surface area contributed by atoms with E-state index in [2.05, 4.69) is 36.1 Å². The first-order valence-corrected chi connectivity index (χ1v) is 15.5. The number of piperidine rings is 1. The average Bonchev–Trinajstić information content (AvgIpc) is 3.17. The van der Waals surface area contributed by atoms with Crippen molar-refractivity contribution in [2.45, 2.75) is 101 Å². The van der Waals surface area contributed by atoms with Gasteiger partial charge < -0.3 is 9.47 Å². The number of benzene rings is 3. The molecule has 2 heterocycles. The van der Waals surface area contributed by atoms with Gasteiger partial charge in [-0.2, -0.15) is 26.3 Å². The van der Waals surface area contributed by atoms with Crippen molar-refractivity contribution in [3.8, 4) is 0 Å². The van der Waals surface area contributed by atoms with Crippen LogP contribution in [0.4, 0.5) is 26.3 Å². The number of carbonyl (C=O) groups is 1. The molecule has 2 fully saturated rings. The summed E-state index contributed by atoms with van der Waals surface area (Å²) in [7, 11) is 0. The van der Waals surface area contributed by atoms with E-state index in [4.69, 9.17) is 9.47 Å². The summed E-state index contributed by atoms with van der Waals surface area (Å²) in [5.41, 5.74) is -2.65. The largest absolute Gasteiger partial charge is 0.459 e. The first kappa shape index (κ1) is 34.0. The van der Waals surface area contributed by atoms with Crippen LogP contribution in [0.5, 0.6) is 0 Å². The number of alkyl halides is 6. The highest BCUT2D eigenvalue weighted by Crippen LogP contribution is 2.55. The maximum Gasteiger partial charge on any atom is 0.416 e. The minimum atomic E-state index is -5.06. The fraction of sp³-hybridized carbons (Fsp3) is 0.472. The highest BCUT2D eigenvalue weighted by molar-refractivity contribution is 5.79. The van der Waals surface area contributed by atoms with Crippen LogP contribution in [0.15, 0.2) is 78.9 Å². The summed E-state index contributed by atoms with van der Waals surface area (Å²) in [6, 6.07) is 21.3. The van der Waals surface area contributed by atoms with Crippen LogP contribution < -0.4 is 0 Å². The van der Waals surface area contributed by atoms with E-state index in [0.717, 1.165) is 30.4 Å². The number of halogens is 6. The van der Waals surface area contributed by atoms with E-state index in [0.29, 0.717) is 18.6 Å². The molecule has 10 heteroatoms. The monoisotopic (exact) mass is 647 g/mol. The molecule has 0 aliphatic carbocycles. The van der Waals surface area contributed by atoms with Crippen LogP contribution in [0, 0.1) is 0 Å². The fourth-order valence-corrected chi connectivity index (χ4v) is 7.18. The number of hydrogen-bond donors (Lipinski definition) is 0. The Morgan fingerprint density at radius 1 is 0.870 bits per heavy atom. The lowest BCUT2D eigenvalue weighted by atomic mass is 9.80. The van der Waals surface area contributed by atoms with Crippen LogP contribution in [0.1, 0.15) is 93.2 Å². The van der Waals surface area contributed by atoms with Crippen molar-refractivity contribution in [1.82, 2.24) is 4.90 Å². The second kappa shape index (κ2) is 12.7. The van der Waals surface area contributed by atoms with Gasteiger partial charge in [-0.1, -0.05) is 60.7 Å². The van der Waals surface area contributed by atoms with Gasteiger partial charge in [0, 0.05) is 17.6 Å². The molecule has 5 rings (SSSR count). The van der Waals surface area contributed by atoms with E-state index >= 15 is 0 Å². The number of rotatable bonds is 8. The van der Waals surface area contributed by atoms with Crippen molar-refractivity contribution in [2.24, 2.45) is 0 Å². The number of nitrogens with zero attached hydrogens (tertiary/aromatic N) is 1. The van der Waals surface area contributed by atoms with Gasteiger partial charge in [0.2, 0.25) is 0 Å². The standard InChI is InChI=1S/C36H39F6NO3/c1-23(24-12-7-5-8-13-24)43-30-16-11-17-34(43,26-14-9-6-10-15-26)21-31(30)45-22-29(32(44)46-33(2,3)4)25-18-27(35(37,38)39)20-28(19-25)36(40,41)42/h5-10,12-15,18-20,23,29-31H,11,16-17,21-22H2,1-4H3/t23?,29?,30-,31-,34-/m1/s1. The molecule has 0 N–H and O–H groups in total. The predicted octanol–water partition coefficient (Wildman–Crippen LogP) is 9.45. The molecule has 4 nitrogen and oxygen atoms in total. The van der Waals surface area contributed by atoms with E-state index in [9.17, 15) is 31.1 Å². The molecule has 2 aliphatic heterocycles. The Labute approximate surface area is 265 Å². The van der Waals surface area contributed by atoms with Crippen molar-refractivity contribution in [3.05, 3.63) is 107 Å². The van der Waals surface area contributed by atoms with Gasteiger partial charge in [-0.25, -0.2) is 0 Å². The van der Waals surface area contributed by atoms with Crippen LogP contribution in [0.3, 0.4) is 0 Å². The Balaban J connectivity index is 1.53. The van der Waals surface area contributed by atoms with Gasteiger partial charge in [0.25, 0.3) is 0 Å². The van der Waals surface area contributed by atoms with E-state index in [1.54, 1.807) is 20.8 Å². The minimum Gasteiger partial charge on any atom is -0.459 e. The van der Waals surface area contributed by atoms with E-state index in [1.165, 1.54) is 0 Å². The summed E-state index contributed by atoms with van der Waals surface area (Å²) in [6.07, 6.45) is -7.46. The lowest BCUT2D eigenvalue weighted by Gasteiger charge is -2.48. The van der Waals surface area contributed by atoms with E-state index < -0.39 is 64.8 Å². The summed E-state index contributed by atoms with van der Waals surface area (Å²) >= 11 is 0. The quantitative estimate of drug-likeness (QED) is 0.180. The zero-order valence-corrected chi connectivity index (χ0v) is 26.3. The Morgan fingerprint density at radius 3 is 1.98 bits per heavy atom. The van der Waals surface area contributed by atoms with Crippen molar-refractivity contribution in [1.29, 1.82) is 0 Å². The smallest absolute Gasteiger partial charge is 0.416 e. The van der Waals surface area contributed by atoms with E-state index in [1.807, 2.05) is 36.4 Å². The fourth-order valence-electron chi connectivity index (χ4n) is 7.18. The molecule has 0 amide bonds. The molecule has 0 spiro atoms. The molecule has 3 aromatic carbocycles. The summed E-state index contributed by atoms with van der Waals surface area (Å²) in [6.45, 7) is 6.46. The van der Waals surface area contributed by atoms with Crippen molar-refractivity contribution >= 4 is 5.97 Å². The first-order valence-electron chi connectivity index (χ1n) is 15.5. The lowest BCUT2D eigenvalue weighted by Crippen LogP contribution is -2.50. The molecule has 248 valence electrons. The number of fused-ring (bicyclic) bond motifs is 2. The van der Waals surface area contributed by atoms with Gasteiger partial charge in [-0.05, 0) is 88.3 Å². The van der Waals surface area contributed by atoms with Gasteiger partial charge in [-0.3, -0.25) is 9.69 Å². The van der Waals surface area contributed by atoms with Gasteiger partial charge in [0.1, 0.15) is 11.5 Å². The van der Waals surface area contributed by atoms with Crippen LogP contribution >= 0.6 is 0 Å². The predicted molar refractivity (Wildman–Crippen MR) is 162 cm³/mol. The number of carbonyl (C=O) groups excluding carboxylic acids is 1. The number of ether oxygens (including phenoxy) is 2. The molecule has 0 saturated carbocycles. The SMILES string of the molecule is CC(c1ccccc1)N1[C@@H]2CCC[C@]1(c1ccccc1)C[C@H]2OCC(C(=O)OC(C)(C)C)c1cc(C(F)(F)F)cc(C(F)(F)F)c1. The number of hydrogen-bond acceptors (Lipinski definition) is 4. The highest BCUT2D eigenvalue weighted by atomic mass is 19.4. The normalized spacial score (nSPS) is 23.6. The Morgan fingerprint density at radius 2 is 1.43 bits per heavy atom. The Kier molecular flexibility index (Phi) is 9.36. The third kappa shape index (κ3) is 7.13. The minimum absolute atomic E-state index is 0.0141. The molecule has 2 saturated heterocycles. The molecular formula is C36H39F6NO3. The molecule has 0 aromatic heterocycles. The summed E-state index contributed by atoms with van der Waals surface area (Å²) in [4.78, 5) is 15.9. The zero-order valence-electron chi connectivity index (χ0n) is 26.3. The molecule has 2 unspecified atom stereocenters. The van der Waals surface area contributed by atoms with Gasteiger partial charge in [0.05, 0.1) is 23.8 Å². The second-order valence-corrected chi connectivity index (χ2v) is 13.4. The molecule has 0 radical (unpaired) electrons. The number of esters is 1. The Hall–Kier alpha value is -3.37. The van der Waals surface area contributed by atoms with Crippen molar-refractivity contribution < 1.29 is 40.6 Å². The molecule has 46 heavy (non-hydrogen) atoms. The van der Waals surface area contributed by atoms with Crippen LogP contribution in [0.2, 0.25) is 0 Å². The Bertz CT molecular complexity index is 1470. The van der Waals surface area contributed by atoms with E-state index in [-0.39, 0.29) is 18.2 Å². The first-order chi connectivity index (χ1) is 21.5. The van der Waals surface area contributed by atoms with Crippen LogP contribution in [-0.2, 0) is 32.2 Å². The molecule has 3 aromatic rings. The molecular weight excluding hydrogens is 608 g/mol. The van der Waals surface area contributed by atoms with Gasteiger partial charge >= 0.3 is 18.3 Å². The van der Waals surface area contributed by atoms with Crippen molar-refractivity contribution in [2.75, 3.05) is 6.61 Å². The maximum absolute atomic E-state index is 13.8. The maximum atomic E-state index is 13.8. The third-order valence-electron chi connectivity index (χ3n) is 9.10. The summed E-state index contributed by atoms with van der Waals surface area (Å²) in [5, 5.41) is 0. The topological polar surface area (TPSA) is 38.8 Å².